The molecule has 2 aromatic rings. The molecule has 0 spiro atoms. The van der Waals surface area contributed by atoms with Gasteiger partial charge in [-0.05, 0) is 41.5 Å². The average molecular weight is 403 g/mol. The lowest BCUT2D eigenvalue weighted by atomic mass is 9.87. The fourth-order valence-electron chi connectivity index (χ4n) is 2.77. The molecule has 0 heterocycles. The molecule has 0 fully saturated rings. The summed E-state index contributed by atoms with van der Waals surface area (Å²) in [6.45, 7) is 6.89. The van der Waals surface area contributed by atoms with Gasteiger partial charge in [-0.1, -0.05) is 63.2 Å². The Morgan fingerprint density at radius 3 is 2.18 bits per heavy atom. The molecule has 0 unspecified atom stereocenters. The van der Waals surface area contributed by atoms with Crippen LogP contribution < -0.4 is 10.0 Å². The summed E-state index contributed by atoms with van der Waals surface area (Å²) in [5.74, 6) is -0.154. The van der Waals surface area contributed by atoms with Crippen LogP contribution in [0.4, 0.5) is 0 Å². The van der Waals surface area contributed by atoms with Crippen LogP contribution in [0.1, 0.15) is 44.7 Å². The summed E-state index contributed by atoms with van der Waals surface area (Å²) < 4.78 is 27.2. The Labute approximate surface area is 168 Å². The number of benzene rings is 2. The number of hydrogen-bond acceptors (Lipinski definition) is 3. The number of sulfonamides is 1. The molecule has 0 saturated carbocycles. The summed E-state index contributed by atoms with van der Waals surface area (Å²) in [5, 5.41) is 2.83. The number of amides is 1. The fourth-order valence-corrected chi connectivity index (χ4v) is 3.80. The standard InChI is InChI=1S/C22H30N2O3S/c1-22(2,3)19-11-13-20(14-12-19)28(26,27)24-17-15-21(25)23-16-7-10-18-8-5-4-6-9-18/h4-6,8-9,11-14,24H,7,10,15-17H2,1-3H3,(H,23,25). The molecule has 2 N–H and O–H groups in total. The smallest absolute Gasteiger partial charge is 0.240 e. The van der Waals surface area contributed by atoms with Gasteiger partial charge in [0.15, 0.2) is 0 Å². The third-order valence-corrected chi connectivity index (χ3v) is 5.96. The van der Waals surface area contributed by atoms with Gasteiger partial charge in [-0.25, -0.2) is 13.1 Å². The summed E-state index contributed by atoms with van der Waals surface area (Å²) in [7, 11) is -3.61. The number of hydrogen-bond donors (Lipinski definition) is 2. The molecule has 0 aliphatic carbocycles. The predicted octanol–water partition coefficient (Wildman–Crippen LogP) is 3.40. The van der Waals surface area contributed by atoms with Crippen LogP contribution in [0.2, 0.25) is 0 Å². The minimum absolute atomic E-state index is 0.0334. The van der Waals surface area contributed by atoms with Gasteiger partial charge in [-0.3, -0.25) is 4.79 Å². The number of carbonyl (C=O) groups excluding carboxylic acids is 1. The highest BCUT2D eigenvalue weighted by Crippen LogP contribution is 2.23. The van der Waals surface area contributed by atoms with E-state index in [1.165, 1.54) is 5.56 Å². The molecule has 1 amide bonds. The van der Waals surface area contributed by atoms with Crippen LogP contribution in [0.5, 0.6) is 0 Å². The van der Waals surface area contributed by atoms with Crippen molar-refractivity contribution < 1.29 is 13.2 Å². The van der Waals surface area contributed by atoms with Gasteiger partial charge in [0, 0.05) is 19.5 Å². The van der Waals surface area contributed by atoms with E-state index >= 15 is 0 Å². The number of carbonyl (C=O) groups is 1. The number of rotatable bonds is 9. The topological polar surface area (TPSA) is 75.3 Å². The van der Waals surface area contributed by atoms with Crippen molar-refractivity contribution in [1.29, 1.82) is 0 Å². The Morgan fingerprint density at radius 2 is 1.57 bits per heavy atom. The lowest BCUT2D eigenvalue weighted by molar-refractivity contribution is -0.120. The lowest BCUT2D eigenvalue weighted by Crippen LogP contribution is -2.31. The second kappa shape index (κ2) is 9.85. The third kappa shape index (κ3) is 7.09. The van der Waals surface area contributed by atoms with E-state index < -0.39 is 10.0 Å². The maximum atomic E-state index is 12.3. The lowest BCUT2D eigenvalue weighted by Gasteiger charge is -2.19. The Kier molecular flexibility index (Phi) is 7.78. The second-order valence-corrected chi connectivity index (χ2v) is 9.63. The molecule has 6 heteroatoms. The van der Waals surface area contributed by atoms with Crippen molar-refractivity contribution in [3.63, 3.8) is 0 Å². The molecule has 0 aliphatic heterocycles. The van der Waals surface area contributed by atoms with E-state index in [2.05, 4.69) is 42.9 Å². The molecule has 0 atom stereocenters. The highest BCUT2D eigenvalue weighted by atomic mass is 32.2. The van der Waals surface area contributed by atoms with Crippen LogP contribution in [-0.2, 0) is 26.7 Å². The van der Waals surface area contributed by atoms with Crippen LogP contribution in [-0.4, -0.2) is 27.4 Å². The van der Waals surface area contributed by atoms with Gasteiger partial charge in [0.25, 0.3) is 0 Å². The van der Waals surface area contributed by atoms with E-state index in [0.29, 0.717) is 6.54 Å². The maximum absolute atomic E-state index is 12.3. The fraction of sp³-hybridized carbons (Fsp3) is 0.409. The SMILES string of the molecule is CC(C)(C)c1ccc(S(=O)(=O)NCCC(=O)NCCCc2ccccc2)cc1. The molecular formula is C22H30N2O3S. The van der Waals surface area contributed by atoms with Gasteiger partial charge < -0.3 is 5.32 Å². The highest BCUT2D eigenvalue weighted by molar-refractivity contribution is 7.89. The minimum atomic E-state index is -3.61. The molecule has 152 valence electrons. The van der Waals surface area contributed by atoms with Crippen molar-refractivity contribution in [1.82, 2.24) is 10.0 Å². The van der Waals surface area contributed by atoms with E-state index in [9.17, 15) is 13.2 Å². The average Bonchev–Trinajstić information content (AvgIpc) is 2.65. The molecule has 5 nitrogen and oxygen atoms in total. The summed E-state index contributed by atoms with van der Waals surface area (Å²) in [6, 6.07) is 17.0. The molecular weight excluding hydrogens is 372 g/mol. The van der Waals surface area contributed by atoms with E-state index in [-0.39, 0.29) is 29.2 Å². The van der Waals surface area contributed by atoms with Crippen LogP contribution in [0.25, 0.3) is 0 Å². The molecule has 28 heavy (non-hydrogen) atoms. The van der Waals surface area contributed by atoms with E-state index in [4.69, 9.17) is 0 Å². The Bertz CT molecular complexity index is 855. The summed E-state index contributed by atoms with van der Waals surface area (Å²) >= 11 is 0. The second-order valence-electron chi connectivity index (χ2n) is 7.86. The number of nitrogens with one attached hydrogen (secondary N) is 2. The molecule has 0 saturated heterocycles. The minimum Gasteiger partial charge on any atom is -0.356 e. The zero-order valence-electron chi connectivity index (χ0n) is 16.9. The highest BCUT2D eigenvalue weighted by Gasteiger charge is 2.17. The summed E-state index contributed by atoms with van der Waals surface area (Å²) in [6.07, 6.45) is 1.87. The van der Waals surface area contributed by atoms with Gasteiger partial charge in [0.1, 0.15) is 0 Å². The van der Waals surface area contributed by atoms with E-state index in [1.807, 2.05) is 30.3 Å². The van der Waals surface area contributed by atoms with Gasteiger partial charge in [0.2, 0.25) is 15.9 Å². The van der Waals surface area contributed by atoms with Gasteiger partial charge in [-0.2, -0.15) is 0 Å². The predicted molar refractivity (Wildman–Crippen MR) is 113 cm³/mol. The first kappa shape index (κ1) is 22.1. The Balaban J connectivity index is 1.71. The van der Waals surface area contributed by atoms with Crippen molar-refractivity contribution in [2.45, 2.75) is 50.3 Å². The normalized spacial score (nSPS) is 12.0. The summed E-state index contributed by atoms with van der Waals surface area (Å²) in [5.41, 5.74) is 2.28. The molecule has 2 rings (SSSR count). The Morgan fingerprint density at radius 1 is 0.929 bits per heavy atom. The van der Waals surface area contributed by atoms with Crippen molar-refractivity contribution in [2.24, 2.45) is 0 Å². The van der Waals surface area contributed by atoms with Crippen molar-refractivity contribution in [2.75, 3.05) is 13.1 Å². The molecule has 0 bridgehead atoms. The first-order chi connectivity index (χ1) is 13.2. The first-order valence-corrected chi connectivity index (χ1v) is 11.1. The van der Waals surface area contributed by atoms with Gasteiger partial charge >= 0.3 is 0 Å². The maximum Gasteiger partial charge on any atom is 0.240 e. The molecule has 2 aromatic carbocycles. The zero-order valence-corrected chi connectivity index (χ0v) is 17.7. The van der Waals surface area contributed by atoms with Crippen molar-refractivity contribution in [3.8, 4) is 0 Å². The van der Waals surface area contributed by atoms with Gasteiger partial charge in [-0.15, -0.1) is 0 Å². The van der Waals surface area contributed by atoms with E-state index in [0.717, 1.165) is 18.4 Å². The number of aryl methyl sites for hydroxylation is 1. The largest absolute Gasteiger partial charge is 0.356 e. The molecule has 0 radical (unpaired) electrons. The van der Waals surface area contributed by atoms with Crippen molar-refractivity contribution in [3.05, 3.63) is 65.7 Å². The first-order valence-electron chi connectivity index (χ1n) is 9.59. The third-order valence-electron chi connectivity index (χ3n) is 4.48. The molecule has 0 aromatic heterocycles. The van der Waals surface area contributed by atoms with E-state index in [1.54, 1.807) is 12.1 Å². The van der Waals surface area contributed by atoms with Gasteiger partial charge in [0.05, 0.1) is 4.90 Å². The van der Waals surface area contributed by atoms with Crippen molar-refractivity contribution >= 4 is 15.9 Å². The summed E-state index contributed by atoms with van der Waals surface area (Å²) in [4.78, 5) is 12.1. The monoisotopic (exact) mass is 402 g/mol. The van der Waals surface area contributed by atoms with Crippen LogP contribution in [0.15, 0.2) is 59.5 Å². The Hall–Kier alpha value is -2.18. The van der Waals surface area contributed by atoms with Crippen LogP contribution in [0.3, 0.4) is 0 Å². The quantitative estimate of drug-likeness (QED) is 0.631. The molecule has 0 aliphatic rings. The van der Waals surface area contributed by atoms with Crippen LogP contribution >= 0.6 is 0 Å². The van der Waals surface area contributed by atoms with Crippen LogP contribution in [0, 0.1) is 0 Å². The zero-order chi connectivity index (χ0) is 20.6.